The number of benzene rings is 2. The Morgan fingerprint density at radius 1 is 1.29 bits per heavy atom. The Kier molecular flexibility index (Phi) is 4.85. The zero-order valence-electron chi connectivity index (χ0n) is 11.9. The molecule has 0 heterocycles. The molecule has 0 spiro atoms. The van der Waals surface area contributed by atoms with Crippen LogP contribution in [0.2, 0.25) is 0 Å². The number of carbonyl (C=O) groups is 1. The molecule has 0 fully saturated rings. The number of carbonyl (C=O) groups excluding carboxylic acids is 1. The Labute approximate surface area is 132 Å². The molecule has 0 bridgehead atoms. The van der Waals surface area contributed by atoms with Crippen LogP contribution in [0.4, 0.5) is 11.4 Å². The van der Waals surface area contributed by atoms with Gasteiger partial charge in [-0.25, -0.2) is 0 Å². The lowest BCUT2D eigenvalue weighted by atomic mass is 10.1. The highest BCUT2D eigenvalue weighted by Gasteiger charge is 2.10. The van der Waals surface area contributed by atoms with Gasteiger partial charge in [0, 0.05) is 16.2 Å². The third-order valence-corrected chi connectivity index (χ3v) is 3.55. The first-order chi connectivity index (χ1) is 9.95. The standard InChI is InChI=1S/C16H17BrN2O2/c1-10-6-11(2)16(14(17)7-10)19-15(20)9-21-13-5-3-4-12(18)8-13/h3-8H,9,18H2,1-2H3,(H,19,20). The predicted molar refractivity (Wildman–Crippen MR) is 88.6 cm³/mol. The summed E-state index contributed by atoms with van der Waals surface area (Å²) in [7, 11) is 0. The molecule has 2 rings (SSSR count). The molecule has 0 aromatic heterocycles. The van der Waals surface area contributed by atoms with Gasteiger partial charge in [-0.15, -0.1) is 0 Å². The SMILES string of the molecule is Cc1cc(C)c(NC(=O)COc2cccc(N)c2)c(Br)c1. The van der Waals surface area contributed by atoms with Crippen molar-refractivity contribution in [2.24, 2.45) is 0 Å². The van der Waals surface area contributed by atoms with Crippen LogP contribution >= 0.6 is 15.9 Å². The zero-order valence-corrected chi connectivity index (χ0v) is 13.5. The summed E-state index contributed by atoms with van der Waals surface area (Å²) in [6.07, 6.45) is 0. The minimum absolute atomic E-state index is 0.0663. The van der Waals surface area contributed by atoms with E-state index in [9.17, 15) is 4.79 Å². The van der Waals surface area contributed by atoms with Crippen LogP contribution in [-0.4, -0.2) is 12.5 Å². The fourth-order valence-corrected chi connectivity index (χ4v) is 2.78. The van der Waals surface area contributed by atoms with E-state index in [1.54, 1.807) is 24.3 Å². The van der Waals surface area contributed by atoms with Gasteiger partial charge >= 0.3 is 0 Å². The first-order valence-electron chi connectivity index (χ1n) is 6.50. The van der Waals surface area contributed by atoms with Crippen molar-refractivity contribution in [1.29, 1.82) is 0 Å². The van der Waals surface area contributed by atoms with Crippen LogP contribution in [0, 0.1) is 13.8 Å². The van der Waals surface area contributed by atoms with Crippen LogP contribution in [0.1, 0.15) is 11.1 Å². The number of ether oxygens (including phenoxy) is 1. The van der Waals surface area contributed by atoms with Gasteiger partial charge < -0.3 is 15.8 Å². The lowest BCUT2D eigenvalue weighted by Crippen LogP contribution is -2.21. The first-order valence-corrected chi connectivity index (χ1v) is 7.30. The van der Waals surface area contributed by atoms with Crippen molar-refractivity contribution >= 4 is 33.2 Å². The quantitative estimate of drug-likeness (QED) is 0.828. The summed E-state index contributed by atoms with van der Waals surface area (Å²) in [5.74, 6) is 0.356. The highest BCUT2D eigenvalue weighted by molar-refractivity contribution is 9.10. The molecule has 2 aromatic carbocycles. The first kappa shape index (κ1) is 15.4. The van der Waals surface area contributed by atoms with Gasteiger partial charge in [0.15, 0.2) is 6.61 Å². The molecule has 0 aliphatic carbocycles. The molecule has 0 saturated carbocycles. The lowest BCUT2D eigenvalue weighted by Gasteiger charge is -2.12. The molecule has 0 radical (unpaired) electrons. The maximum atomic E-state index is 12.0. The normalized spacial score (nSPS) is 10.2. The van der Waals surface area contributed by atoms with E-state index in [1.165, 1.54) is 0 Å². The topological polar surface area (TPSA) is 64.3 Å². The molecule has 1 amide bonds. The number of amides is 1. The second-order valence-electron chi connectivity index (χ2n) is 4.85. The van der Waals surface area contributed by atoms with E-state index in [0.717, 1.165) is 21.3 Å². The number of hydrogen-bond donors (Lipinski definition) is 2. The largest absolute Gasteiger partial charge is 0.484 e. The highest BCUT2D eigenvalue weighted by atomic mass is 79.9. The molecule has 0 unspecified atom stereocenters. The van der Waals surface area contributed by atoms with Crippen LogP contribution in [0.3, 0.4) is 0 Å². The van der Waals surface area contributed by atoms with Crippen LogP contribution in [0.25, 0.3) is 0 Å². The van der Waals surface area contributed by atoms with E-state index in [1.807, 2.05) is 26.0 Å². The lowest BCUT2D eigenvalue weighted by molar-refractivity contribution is -0.118. The van der Waals surface area contributed by atoms with Gasteiger partial charge in [-0.05, 0) is 59.1 Å². The highest BCUT2D eigenvalue weighted by Crippen LogP contribution is 2.27. The van der Waals surface area contributed by atoms with E-state index in [0.29, 0.717) is 11.4 Å². The molecule has 110 valence electrons. The molecule has 0 saturated heterocycles. The third-order valence-electron chi connectivity index (χ3n) is 2.92. The second kappa shape index (κ2) is 6.63. The Bertz CT molecular complexity index is 648. The van der Waals surface area contributed by atoms with E-state index in [2.05, 4.69) is 21.2 Å². The van der Waals surface area contributed by atoms with E-state index >= 15 is 0 Å². The molecule has 21 heavy (non-hydrogen) atoms. The van der Waals surface area contributed by atoms with Gasteiger partial charge in [0.2, 0.25) is 0 Å². The Morgan fingerprint density at radius 2 is 2.05 bits per heavy atom. The van der Waals surface area contributed by atoms with Crippen molar-refractivity contribution in [3.8, 4) is 5.75 Å². The number of rotatable bonds is 4. The number of aryl methyl sites for hydroxylation is 2. The fraction of sp³-hybridized carbons (Fsp3) is 0.188. The molecule has 2 aromatic rings. The number of anilines is 2. The number of nitrogens with two attached hydrogens (primary N) is 1. The number of hydrogen-bond acceptors (Lipinski definition) is 3. The number of nitrogens with one attached hydrogen (secondary N) is 1. The van der Waals surface area contributed by atoms with Gasteiger partial charge in [-0.3, -0.25) is 4.79 Å². The average Bonchev–Trinajstić information content (AvgIpc) is 2.40. The summed E-state index contributed by atoms with van der Waals surface area (Å²) in [6, 6.07) is 11.0. The Balaban J connectivity index is 1.99. The van der Waals surface area contributed by atoms with Gasteiger partial charge in [-0.1, -0.05) is 12.1 Å². The molecule has 0 aliphatic rings. The minimum Gasteiger partial charge on any atom is -0.484 e. The maximum Gasteiger partial charge on any atom is 0.262 e. The summed E-state index contributed by atoms with van der Waals surface area (Å²) in [6.45, 7) is 3.89. The molecule has 0 atom stereocenters. The minimum atomic E-state index is -0.218. The van der Waals surface area contributed by atoms with Crippen molar-refractivity contribution in [3.63, 3.8) is 0 Å². The van der Waals surface area contributed by atoms with Crippen molar-refractivity contribution < 1.29 is 9.53 Å². The second-order valence-corrected chi connectivity index (χ2v) is 5.70. The maximum absolute atomic E-state index is 12.0. The zero-order chi connectivity index (χ0) is 15.4. The molecular weight excluding hydrogens is 332 g/mol. The predicted octanol–water partition coefficient (Wildman–Crippen LogP) is 3.67. The third kappa shape index (κ3) is 4.23. The molecular formula is C16H17BrN2O2. The molecule has 0 aliphatic heterocycles. The van der Waals surface area contributed by atoms with Crippen molar-refractivity contribution in [3.05, 3.63) is 52.0 Å². The van der Waals surface area contributed by atoms with Crippen molar-refractivity contribution in [1.82, 2.24) is 0 Å². The number of nitrogen functional groups attached to an aromatic ring is 1. The summed E-state index contributed by atoms with van der Waals surface area (Å²) < 4.78 is 6.28. The van der Waals surface area contributed by atoms with Gasteiger partial charge in [0.05, 0.1) is 5.69 Å². The van der Waals surface area contributed by atoms with Crippen LogP contribution < -0.4 is 15.8 Å². The van der Waals surface area contributed by atoms with Gasteiger partial charge in [0.1, 0.15) is 5.75 Å². The fourth-order valence-electron chi connectivity index (χ4n) is 2.00. The van der Waals surface area contributed by atoms with Crippen molar-refractivity contribution in [2.45, 2.75) is 13.8 Å². The summed E-state index contributed by atoms with van der Waals surface area (Å²) in [5, 5.41) is 2.85. The van der Waals surface area contributed by atoms with Crippen molar-refractivity contribution in [2.75, 3.05) is 17.7 Å². The Hall–Kier alpha value is -2.01. The summed E-state index contributed by atoms with van der Waals surface area (Å²) in [4.78, 5) is 12.0. The van der Waals surface area contributed by atoms with Crippen LogP contribution in [-0.2, 0) is 4.79 Å². The molecule has 3 N–H and O–H groups in total. The van der Waals surface area contributed by atoms with E-state index in [-0.39, 0.29) is 12.5 Å². The van der Waals surface area contributed by atoms with E-state index in [4.69, 9.17) is 10.5 Å². The van der Waals surface area contributed by atoms with E-state index < -0.39 is 0 Å². The summed E-state index contributed by atoms with van der Waals surface area (Å²) >= 11 is 3.46. The molecule has 5 heteroatoms. The van der Waals surface area contributed by atoms with Crippen LogP contribution in [0.5, 0.6) is 5.75 Å². The average molecular weight is 349 g/mol. The number of halogens is 1. The van der Waals surface area contributed by atoms with Crippen LogP contribution in [0.15, 0.2) is 40.9 Å². The molecule has 4 nitrogen and oxygen atoms in total. The monoisotopic (exact) mass is 348 g/mol. The van der Waals surface area contributed by atoms with Gasteiger partial charge in [0.25, 0.3) is 5.91 Å². The smallest absolute Gasteiger partial charge is 0.262 e. The summed E-state index contributed by atoms with van der Waals surface area (Å²) in [5.41, 5.74) is 9.16. The van der Waals surface area contributed by atoms with Gasteiger partial charge in [-0.2, -0.15) is 0 Å². The Morgan fingerprint density at radius 3 is 2.71 bits per heavy atom.